The summed E-state index contributed by atoms with van der Waals surface area (Å²) in [6, 6.07) is 4.17. The highest BCUT2D eigenvalue weighted by molar-refractivity contribution is 9.10. The Bertz CT molecular complexity index is 304. The minimum absolute atomic E-state index is 0.124. The minimum Gasteiger partial charge on any atom is -0.322 e. The van der Waals surface area contributed by atoms with Crippen LogP contribution in [0.2, 0.25) is 0 Å². The summed E-state index contributed by atoms with van der Waals surface area (Å²) in [5.41, 5.74) is 7.27. The maximum Gasteiger partial charge on any atom is 0.0574 e. The van der Waals surface area contributed by atoms with Crippen molar-refractivity contribution in [1.29, 1.82) is 0 Å². The van der Waals surface area contributed by atoms with E-state index in [2.05, 4.69) is 20.9 Å². The van der Waals surface area contributed by atoms with E-state index in [4.69, 9.17) is 5.73 Å². The molecular weight excluding hydrogens is 252 g/mol. The molecule has 0 aromatic carbocycles. The standard InChI is InChI=1S/C12H17BrN2/c13-10-6-7-11(15-8-10)12(14)9-4-2-1-3-5-9/h6-9,12H,1-5,14H2. The van der Waals surface area contributed by atoms with Gasteiger partial charge in [0.25, 0.3) is 0 Å². The first-order chi connectivity index (χ1) is 7.27. The van der Waals surface area contributed by atoms with Crippen LogP contribution >= 0.6 is 15.9 Å². The average molecular weight is 269 g/mol. The summed E-state index contributed by atoms with van der Waals surface area (Å²) in [5, 5.41) is 0. The van der Waals surface area contributed by atoms with E-state index in [-0.39, 0.29) is 6.04 Å². The van der Waals surface area contributed by atoms with Gasteiger partial charge < -0.3 is 5.73 Å². The van der Waals surface area contributed by atoms with Crippen LogP contribution in [0.3, 0.4) is 0 Å². The van der Waals surface area contributed by atoms with E-state index >= 15 is 0 Å². The summed E-state index contributed by atoms with van der Waals surface area (Å²) in [6.45, 7) is 0. The van der Waals surface area contributed by atoms with E-state index in [1.807, 2.05) is 18.3 Å². The molecule has 0 amide bonds. The van der Waals surface area contributed by atoms with E-state index < -0.39 is 0 Å². The molecule has 0 aliphatic heterocycles. The molecule has 2 nitrogen and oxygen atoms in total. The Labute approximate surface area is 99.4 Å². The maximum absolute atomic E-state index is 6.24. The molecule has 1 unspecified atom stereocenters. The molecule has 82 valence electrons. The first-order valence-corrected chi connectivity index (χ1v) is 6.43. The van der Waals surface area contributed by atoms with Crippen LogP contribution in [0.5, 0.6) is 0 Å². The van der Waals surface area contributed by atoms with E-state index in [1.165, 1.54) is 32.1 Å². The van der Waals surface area contributed by atoms with Gasteiger partial charge in [-0.3, -0.25) is 4.98 Å². The van der Waals surface area contributed by atoms with Gasteiger partial charge in [0.15, 0.2) is 0 Å². The van der Waals surface area contributed by atoms with Gasteiger partial charge in [-0.1, -0.05) is 19.3 Å². The molecule has 1 aromatic rings. The number of aromatic nitrogens is 1. The van der Waals surface area contributed by atoms with Crippen molar-refractivity contribution >= 4 is 15.9 Å². The number of nitrogens with two attached hydrogens (primary N) is 1. The fourth-order valence-corrected chi connectivity index (χ4v) is 2.55. The first kappa shape index (κ1) is 11.1. The fraction of sp³-hybridized carbons (Fsp3) is 0.583. The molecule has 1 atom stereocenters. The Kier molecular flexibility index (Phi) is 3.76. The molecule has 2 N–H and O–H groups in total. The lowest BCUT2D eigenvalue weighted by Crippen LogP contribution is -2.24. The largest absolute Gasteiger partial charge is 0.322 e. The highest BCUT2D eigenvalue weighted by Crippen LogP contribution is 2.32. The molecule has 3 heteroatoms. The monoisotopic (exact) mass is 268 g/mol. The molecular formula is C12H17BrN2. The zero-order valence-corrected chi connectivity index (χ0v) is 10.4. The van der Waals surface area contributed by atoms with Gasteiger partial charge >= 0.3 is 0 Å². The van der Waals surface area contributed by atoms with Crippen LogP contribution in [0.15, 0.2) is 22.8 Å². The minimum atomic E-state index is 0.124. The summed E-state index contributed by atoms with van der Waals surface area (Å²) in [4.78, 5) is 4.38. The Morgan fingerprint density at radius 3 is 2.60 bits per heavy atom. The average Bonchev–Trinajstić information content (AvgIpc) is 2.30. The lowest BCUT2D eigenvalue weighted by molar-refractivity contribution is 0.305. The molecule has 2 rings (SSSR count). The molecule has 0 spiro atoms. The molecule has 0 bridgehead atoms. The van der Waals surface area contributed by atoms with Crippen LogP contribution in [-0.4, -0.2) is 4.98 Å². The van der Waals surface area contributed by atoms with Gasteiger partial charge in [0.2, 0.25) is 0 Å². The summed E-state index contributed by atoms with van der Waals surface area (Å²) >= 11 is 3.39. The molecule has 1 aliphatic rings. The quantitative estimate of drug-likeness (QED) is 0.893. The van der Waals surface area contributed by atoms with Crippen LogP contribution in [0.4, 0.5) is 0 Å². The molecule has 0 saturated heterocycles. The van der Waals surface area contributed by atoms with E-state index in [0.717, 1.165) is 10.2 Å². The Balaban J connectivity index is 2.05. The normalized spacial score (nSPS) is 20.1. The summed E-state index contributed by atoms with van der Waals surface area (Å²) in [7, 11) is 0. The van der Waals surface area contributed by atoms with Crippen LogP contribution in [0, 0.1) is 5.92 Å². The van der Waals surface area contributed by atoms with Gasteiger partial charge in [0, 0.05) is 16.7 Å². The first-order valence-electron chi connectivity index (χ1n) is 5.64. The fourth-order valence-electron chi connectivity index (χ4n) is 2.32. The van der Waals surface area contributed by atoms with Crippen LogP contribution in [0.1, 0.15) is 43.8 Å². The third kappa shape index (κ3) is 2.79. The van der Waals surface area contributed by atoms with E-state index in [0.29, 0.717) is 5.92 Å². The number of rotatable bonds is 2. The Hall–Kier alpha value is -0.410. The second kappa shape index (κ2) is 5.08. The summed E-state index contributed by atoms with van der Waals surface area (Å²) in [6.07, 6.45) is 8.39. The van der Waals surface area contributed by atoms with Crippen molar-refractivity contribution in [3.63, 3.8) is 0 Å². The van der Waals surface area contributed by atoms with Gasteiger partial charge in [-0.05, 0) is 46.8 Å². The van der Waals surface area contributed by atoms with Crippen molar-refractivity contribution in [2.75, 3.05) is 0 Å². The predicted octanol–water partition coefficient (Wildman–Crippen LogP) is 3.42. The number of pyridine rings is 1. The predicted molar refractivity (Wildman–Crippen MR) is 65.4 cm³/mol. The van der Waals surface area contributed by atoms with Crippen molar-refractivity contribution in [1.82, 2.24) is 4.98 Å². The van der Waals surface area contributed by atoms with Gasteiger partial charge in [-0.2, -0.15) is 0 Å². The molecule has 1 saturated carbocycles. The second-order valence-corrected chi connectivity index (χ2v) is 5.24. The lowest BCUT2D eigenvalue weighted by Gasteiger charge is -2.27. The third-order valence-electron chi connectivity index (χ3n) is 3.25. The lowest BCUT2D eigenvalue weighted by atomic mass is 9.83. The van der Waals surface area contributed by atoms with E-state index in [1.54, 1.807) is 0 Å². The zero-order chi connectivity index (χ0) is 10.7. The Morgan fingerprint density at radius 1 is 1.27 bits per heavy atom. The SMILES string of the molecule is NC(c1ccc(Br)cn1)C1CCCCC1. The summed E-state index contributed by atoms with van der Waals surface area (Å²) in [5.74, 6) is 0.632. The molecule has 1 heterocycles. The van der Waals surface area contributed by atoms with Crippen LogP contribution < -0.4 is 5.73 Å². The molecule has 1 aliphatic carbocycles. The summed E-state index contributed by atoms with van der Waals surface area (Å²) < 4.78 is 1.02. The van der Waals surface area contributed by atoms with Gasteiger partial charge in [0.05, 0.1) is 5.69 Å². The van der Waals surface area contributed by atoms with Crippen molar-refractivity contribution in [2.24, 2.45) is 11.7 Å². The van der Waals surface area contributed by atoms with Gasteiger partial charge in [-0.15, -0.1) is 0 Å². The van der Waals surface area contributed by atoms with E-state index in [9.17, 15) is 0 Å². The number of hydrogen-bond donors (Lipinski definition) is 1. The number of halogens is 1. The number of hydrogen-bond acceptors (Lipinski definition) is 2. The highest BCUT2D eigenvalue weighted by atomic mass is 79.9. The highest BCUT2D eigenvalue weighted by Gasteiger charge is 2.22. The smallest absolute Gasteiger partial charge is 0.0574 e. The van der Waals surface area contributed by atoms with Crippen molar-refractivity contribution < 1.29 is 0 Å². The van der Waals surface area contributed by atoms with Crippen molar-refractivity contribution in [2.45, 2.75) is 38.1 Å². The van der Waals surface area contributed by atoms with Gasteiger partial charge in [-0.25, -0.2) is 0 Å². The van der Waals surface area contributed by atoms with Crippen LogP contribution in [-0.2, 0) is 0 Å². The maximum atomic E-state index is 6.24. The molecule has 1 aromatic heterocycles. The molecule has 0 radical (unpaired) electrons. The molecule has 15 heavy (non-hydrogen) atoms. The van der Waals surface area contributed by atoms with Crippen molar-refractivity contribution in [3.8, 4) is 0 Å². The zero-order valence-electron chi connectivity index (χ0n) is 8.82. The second-order valence-electron chi connectivity index (χ2n) is 4.33. The van der Waals surface area contributed by atoms with Crippen LogP contribution in [0.25, 0.3) is 0 Å². The Morgan fingerprint density at radius 2 is 2.00 bits per heavy atom. The number of nitrogens with zero attached hydrogens (tertiary/aromatic N) is 1. The topological polar surface area (TPSA) is 38.9 Å². The van der Waals surface area contributed by atoms with Crippen molar-refractivity contribution in [3.05, 3.63) is 28.5 Å². The van der Waals surface area contributed by atoms with Gasteiger partial charge in [0.1, 0.15) is 0 Å². The molecule has 1 fully saturated rings. The third-order valence-corrected chi connectivity index (χ3v) is 3.72.